The summed E-state index contributed by atoms with van der Waals surface area (Å²) in [6, 6.07) is 52.7. The predicted octanol–water partition coefficient (Wildman–Crippen LogP) is 13.2. The number of hydrogen-bond donors (Lipinski definition) is 0. The molecule has 0 bridgehead atoms. The van der Waals surface area contributed by atoms with Crippen LogP contribution in [0.3, 0.4) is 0 Å². The Hall–Kier alpha value is -6.12. The molecule has 0 spiro atoms. The van der Waals surface area contributed by atoms with Crippen molar-refractivity contribution < 1.29 is 9.47 Å². The lowest BCUT2D eigenvalue weighted by atomic mass is 9.80. The quantitative estimate of drug-likeness (QED) is 0.190. The monoisotopic (exact) mass is 626 g/mol. The van der Waals surface area contributed by atoms with Gasteiger partial charge in [0.15, 0.2) is 0 Å². The molecule has 0 aromatic heterocycles. The minimum absolute atomic E-state index is 0.167. The smallest absolute Gasteiger partial charge is 0.135 e. The van der Waals surface area contributed by atoms with Gasteiger partial charge in [-0.25, -0.2) is 0 Å². The summed E-state index contributed by atoms with van der Waals surface area (Å²) in [5.74, 6) is 3.67. The Labute approximate surface area is 284 Å². The molecule has 0 fully saturated rings. The summed E-state index contributed by atoms with van der Waals surface area (Å²) < 4.78 is 12.8. The van der Waals surface area contributed by atoms with Gasteiger partial charge in [0, 0.05) is 27.3 Å². The second kappa shape index (κ2) is 9.49. The maximum absolute atomic E-state index is 6.40. The maximum Gasteiger partial charge on any atom is 0.135 e. The first kappa shape index (κ1) is 26.9. The summed E-state index contributed by atoms with van der Waals surface area (Å²) >= 11 is 0. The molecule has 2 heteroatoms. The largest absolute Gasteiger partial charge is 0.456 e. The van der Waals surface area contributed by atoms with E-state index in [9.17, 15) is 0 Å². The van der Waals surface area contributed by atoms with E-state index < -0.39 is 0 Å². The highest BCUT2D eigenvalue weighted by atomic mass is 16.5. The molecule has 0 atom stereocenters. The molecule has 0 N–H and O–H groups in total. The Kier molecular flexibility index (Phi) is 5.21. The number of hydrogen-bond acceptors (Lipinski definition) is 2. The Balaban J connectivity index is 1.03. The van der Waals surface area contributed by atoms with Gasteiger partial charge >= 0.3 is 0 Å². The highest BCUT2D eigenvalue weighted by molar-refractivity contribution is 6.11. The molecule has 0 radical (unpaired) electrons. The van der Waals surface area contributed by atoms with Crippen molar-refractivity contribution in [3.63, 3.8) is 0 Å². The lowest BCUT2D eigenvalue weighted by molar-refractivity contribution is 0.487. The van der Waals surface area contributed by atoms with Crippen LogP contribution in [0.15, 0.2) is 146 Å². The van der Waals surface area contributed by atoms with E-state index in [1.165, 1.54) is 77.2 Å². The van der Waals surface area contributed by atoms with Crippen LogP contribution in [-0.4, -0.2) is 0 Å². The fourth-order valence-electron chi connectivity index (χ4n) is 8.74. The van der Waals surface area contributed by atoms with Crippen molar-refractivity contribution in [2.75, 3.05) is 0 Å². The standard InChI is InChI=1S/C47H30O2/c1-47(2)39-25-27(29-21-23-43-45-35(29)11-7-13-37(45)33-9-3-5-15-41(33)48-43)17-19-31(39)32-20-18-28(26-40(32)47)30-22-24-44-46-36(30)12-8-14-38(46)34-10-4-6-16-42(34)49-44/h3-26H,1-2H3. The van der Waals surface area contributed by atoms with Gasteiger partial charge in [0.1, 0.15) is 23.0 Å². The van der Waals surface area contributed by atoms with E-state index >= 15 is 0 Å². The summed E-state index contributed by atoms with van der Waals surface area (Å²) in [5.41, 5.74) is 14.9. The van der Waals surface area contributed by atoms with Crippen molar-refractivity contribution in [3.8, 4) is 78.6 Å². The average molecular weight is 627 g/mol. The fourth-order valence-corrected chi connectivity index (χ4v) is 8.74. The van der Waals surface area contributed by atoms with Crippen LogP contribution in [0.5, 0.6) is 23.0 Å². The lowest BCUT2D eigenvalue weighted by Crippen LogP contribution is -2.15. The third-order valence-corrected chi connectivity index (χ3v) is 11.1. The van der Waals surface area contributed by atoms with Gasteiger partial charge in [-0.3, -0.25) is 0 Å². The van der Waals surface area contributed by atoms with Gasteiger partial charge in [0.2, 0.25) is 0 Å². The zero-order valence-electron chi connectivity index (χ0n) is 27.2. The van der Waals surface area contributed by atoms with E-state index in [-0.39, 0.29) is 5.41 Å². The number of rotatable bonds is 2. The molecular formula is C47H30O2. The molecule has 0 amide bonds. The Morgan fingerprint density at radius 1 is 0.347 bits per heavy atom. The second-order valence-electron chi connectivity index (χ2n) is 14.0. The molecule has 11 rings (SSSR count). The first-order valence-corrected chi connectivity index (χ1v) is 17.0. The van der Waals surface area contributed by atoms with Crippen LogP contribution in [0.2, 0.25) is 0 Å². The molecule has 8 aromatic carbocycles. The van der Waals surface area contributed by atoms with Crippen LogP contribution in [0, 0.1) is 0 Å². The Bertz CT molecular complexity index is 2560. The molecule has 3 aliphatic rings. The Morgan fingerprint density at radius 3 is 1.27 bits per heavy atom. The number of ether oxygens (including phenoxy) is 2. The molecule has 1 aliphatic carbocycles. The second-order valence-corrected chi connectivity index (χ2v) is 14.0. The zero-order valence-corrected chi connectivity index (χ0v) is 27.2. The summed E-state index contributed by atoms with van der Waals surface area (Å²) in [4.78, 5) is 0. The molecule has 0 saturated carbocycles. The zero-order chi connectivity index (χ0) is 32.4. The van der Waals surface area contributed by atoms with Gasteiger partial charge < -0.3 is 9.47 Å². The molecule has 2 nitrogen and oxygen atoms in total. The van der Waals surface area contributed by atoms with Gasteiger partial charge in [-0.2, -0.15) is 0 Å². The number of benzene rings is 8. The predicted molar refractivity (Wildman–Crippen MR) is 201 cm³/mol. The summed E-state index contributed by atoms with van der Waals surface area (Å²) in [5, 5.41) is 4.80. The van der Waals surface area contributed by atoms with Gasteiger partial charge in [-0.15, -0.1) is 0 Å². The van der Waals surface area contributed by atoms with E-state index in [0.717, 1.165) is 34.1 Å². The summed E-state index contributed by atoms with van der Waals surface area (Å²) in [6.07, 6.45) is 0. The van der Waals surface area contributed by atoms with E-state index in [1.807, 2.05) is 12.1 Å². The van der Waals surface area contributed by atoms with Crippen molar-refractivity contribution in [3.05, 3.63) is 157 Å². The highest BCUT2D eigenvalue weighted by Gasteiger charge is 2.36. The maximum atomic E-state index is 6.40. The first-order valence-electron chi connectivity index (χ1n) is 17.0. The number of fused-ring (bicyclic) bond motifs is 7. The van der Waals surface area contributed by atoms with Gasteiger partial charge in [0.25, 0.3) is 0 Å². The van der Waals surface area contributed by atoms with Gasteiger partial charge in [-0.1, -0.05) is 123 Å². The van der Waals surface area contributed by atoms with Crippen LogP contribution in [0.25, 0.3) is 77.2 Å². The molecule has 0 unspecified atom stereocenters. The third kappa shape index (κ3) is 3.61. The van der Waals surface area contributed by atoms with Crippen LogP contribution in [-0.2, 0) is 5.41 Å². The number of para-hydroxylation sites is 2. The minimum Gasteiger partial charge on any atom is -0.456 e. The first-order chi connectivity index (χ1) is 24.0. The average Bonchev–Trinajstić information content (AvgIpc) is 3.37. The summed E-state index contributed by atoms with van der Waals surface area (Å²) in [7, 11) is 0. The van der Waals surface area contributed by atoms with E-state index in [1.54, 1.807) is 0 Å². The van der Waals surface area contributed by atoms with Crippen LogP contribution in [0.4, 0.5) is 0 Å². The van der Waals surface area contributed by atoms with Crippen molar-refractivity contribution >= 4 is 21.5 Å². The molecule has 2 aliphatic heterocycles. The van der Waals surface area contributed by atoms with Crippen molar-refractivity contribution in [1.82, 2.24) is 0 Å². The Morgan fingerprint density at radius 2 is 0.776 bits per heavy atom. The van der Waals surface area contributed by atoms with Gasteiger partial charge in [0.05, 0.1) is 0 Å². The SMILES string of the molecule is CC1(C)c2cc(-c3ccc4c5c(cccc35)-c3ccccc3O4)ccc2-c2ccc(-c3ccc4c5c(cccc35)-c3ccccc3O4)cc21. The molecule has 230 valence electrons. The molecule has 0 saturated heterocycles. The normalized spacial score (nSPS) is 14.0. The van der Waals surface area contributed by atoms with Gasteiger partial charge in [-0.05, 0) is 103 Å². The molecule has 2 heterocycles. The van der Waals surface area contributed by atoms with E-state index in [4.69, 9.17) is 9.47 Å². The topological polar surface area (TPSA) is 18.5 Å². The van der Waals surface area contributed by atoms with E-state index in [0.29, 0.717) is 0 Å². The van der Waals surface area contributed by atoms with Crippen LogP contribution >= 0.6 is 0 Å². The van der Waals surface area contributed by atoms with Crippen molar-refractivity contribution in [2.24, 2.45) is 0 Å². The summed E-state index contributed by atoms with van der Waals surface area (Å²) in [6.45, 7) is 4.74. The molecule has 8 aromatic rings. The van der Waals surface area contributed by atoms with Crippen LogP contribution < -0.4 is 9.47 Å². The van der Waals surface area contributed by atoms with E-state index in [2.05, 4.69) is 147 Å². The van der Waals surface area contributed by atoms with Crippen molar-refractivity contribution in [1.29, 1.82) is 0 Å². The van der Waals surface area contributed by atoms with Crippen LogP contribution in [0.1, 0.15) is 25.0 Å². The highest BCUT2D eigenvalue weighted by Crippen LogP contribution is 2.54. The minimum atomic E-state index is -0.167. The fraction of sp³-hybridized carbons (Fsp3) is 0.0638. The molecule has 49 heavy (non-hydrogen) atoms. The molecular weight excluding hydrogens is 597 g/mol. The van der Waals surface area contributed by atoms with Crippen molar-refractivity contribution in [2.45, 2.75) is 19.3 Å². The third-order valence-electron chi connectivity index (χ3n) is 11.1. The lowest BCUT2D eigenvalue weighted by Gasteiger charge is -2.24.